The van der Waals surface area contributed by atoms with Crippen LogP contribution in [0, 0.1) is 0 Å². The molecule has 0 radical (unpaired) electrons. The molecule has 0 aliphatic rings. The van der Waals surface area contributed by atoms with Crippen LogP contribution < -0.4 is 0 Å². The van der Waals surface area contributed by atoms with Gasteiger partial charge in [0.2, 0.25) is 0 Å². The van der Waals surface area contributed by atoms with Crippen LogP contribution in [-0.4, -0.2) is 9.55 Å². The van der Waals surface area contributed by atoms with Crippen molar-refractivity contribution in [2.75, 3.05) is 0 Å². The third-order valence-corrected chi connectivity index (χ3v) is 2.16. The van der Waals surface area contributed by atoms with E-state index < -0.39 is 0 Å². The van der Waals surface area contributed by atoms with Gasteiger partial charge in [0.1, 0.15) is 5.82 Å². The highest BCUT2D eigenvalue weighted by Gasteiger charge is 1.98. The molecule has 0 spiro atoms. The van der Waals surface area contributed by atoms with Crippen molar-refractivity contribution in [3.63, 3.8) is 0 Å². The molecule has 2 nitrogen and oxygen atoms in total. The molecule has 0 saturated heterocycles. The van der Waals surface area contributed by atoms with E-state index in [1.165, 1.54) is 19.3 Å². The van der Waals surface area contributed by atoms with E-state index in [9.17, 15) is 0 Å². The van der Waals surface area contributed by atoms with Crippen LogP contribution in [0.3, 0.4) is 0 Å². The van der Waals surface area contributed by atoms with E-state index in [2.05, 4.69) is 16.5 Å². The van der Waals surface area contributed by atoms with Gasteiger partial charge in [0, 0.05) is 18.9 Å². The van der Waals surface area contributed by atoms with Crippen molar-refractivity contribution in [2.45, 2.75) is 38.6 Å². The first kappa shape index (κ1) is 9.59. The predicted octanol–water partition coefficient (Wildman–Crippen LogP) is 2.81. The number of halogens is 1. The summed E-state index contributed by atoms with van der Waals surface area (Å²) >= 11 is 5.70. The Morgan fingerprint density at radius 3 is 3.00 bits per heavy atom. The summed E-state index contributed by atoms with van der Waals surface area (Å²) in [6.07, 6.45) is 7.55. The van der Waals surface area contributed by atoms with Crippen LogP contribution in [-0.2, 0) is 12.4 Å². The molecule has 0 atom stereocenters. The van der Waals surface area contributed by atoms with Gasteiger partial charge in [-0.1, -0.05) is 19.8 Å². The van der Waals surface area contributed by atoms with E-state index in [0.717, 1.165) is 12.4 Å². The molecular weight excluding hydrogens is 172 g/mol. The minimum Gasteiger partial charge on any atom is -0.334 e. The maximum atomic E-state index is 5.70. The third-order valence-electron chi connectivity index (χ3n) is 1.92. The zero-order valence-electron chi connectivity index (χ0n) is 7.46. The van der Waals surface area contributed by atoms with Gasteiger partial charge in [-0.15, -0.1) is 11.6 Å². The number of unbranched alkanes of at least 4 members (excludes halogenated alkanes) is 2. The summed E-state index contributed by atoms with van der Waals surface area (Å²) in [5.41, 5.74) is 0. The Morgan fingerprint density at radius 2 is 2.33 bits per heavy atom. The highest BCUT2D eigenvalue weighted by atomic mass is 35.5. The molecule has 0 aromatic carbocycles. The van der Waals surface area contributed by atoms with Gasteiger partial charge in [-0.25, -0.2) is 4.98 Å². The quantitative estimate of drug-likeness (QED) is 0.511. The monoisotopic (exact) mass is 186 g/mol. The van der Waals surface area contributed by atoms with Gasteiger partial charge in [-0.05, 0) is 6.42 Å². The SMILES string of the molecule is CCCCCn1ccnc1CCl. The predicted molar refractivity (Wildman–Crippen MR) is 51.3 cm³/mol. The topological polar surface area (TPSA) is 17.8 Å². The van der Waals surface area contributed by atoms with E-state index in [4.69, 9.17) is 11.6 Å². The summed E-state index contributed by atoms with van der Waals surface area (Å²) in [5, 5.41) is 0. The third kappa shape index (κ3) is 2.52. The molecule has 1 aromatic rings. The van der Waals surface area contributed by atoms with Crippen LogP contribution in [0.2, 0.25) is 0 Å². The maximum absolute atomic E-state index is 5.70. The van der Waals surface area contributed by atoms with Gasteiger partial charge in [0.25, 0.3) is 0 Å². The largest absolute Gasteiger partial charge is 0.334 e. The first-order valence-corrected chi connectivity index (χ1v) is 4.98. The lowest BCUT2D eigenvalue weighted by Crippen LogP contribution is -2.00. The minimum absolute atomic E-state index is 0.513. The van der Waals surface area contributed by atoms with E-state index in [0.29, 0.717) is 5.88 Å². The Balaban J connectivity index is 2.39. The number of aryl methyl sites for hydroxylation is 1. The highest BCUT2D eigenvalue weighted by Crippen LogP contribution is 2.04. The van der Waals surface area contributed by atoms with Crippen LogP contribution in [0.15, 0.2) is 12.4 Å². The molecule has 0 fully saturated rings. The van der Waals surface area contributed by atoms with Gasteiger partial charge in [-0.2, -0.15) is 0 Å². The smallest absolute Gasteiger partial charge is 0.123 e. The lowest BCUT2D eigenvalue weighted by Gasteiger charge is -2.03. The van der Waals surface area contributed by atoms with Gasteiger partial charge < -0.3 is 4.57 Å². The Labute approximate surface area is 78.6 Å². The van der Waals surface area contributed by atoms with Gasteiger partial charge in [-0.3, -0.25) is 0 Å². The molecule has 0 aliphatic carbocycles. The molecule has 0 N–H and O–H groups in total. The fraction of sp³-hybridized carbons (Fsp3) is 0.667. The second-order valence-corrected chi connectivity index (χ2v) is 3.14. The lowest BCUT2D eigenvalue weighted by atomic mass is 10.2. The lowest BCUT2D eigenvalue weighted by molar-refractivity contribution is 0.588. The molecule has 1 aromatic heterocycles. The Kier molecular flexibility index (Phi) is 4.15. The normalized spacial score (nSPS) is 10.5. The highest BCUT2D eigenvalue weighted by molar-refractivity contribution is 6.16. The van der Waals surface area contributed by atoms with Crippen LogP contribution in [0.25, 0.3) is 0 Å². The number of rotatable bonds is 5. The second kappa shape index (κ2) is 5.20. The first-order chi connectivity index (χ1) is 5.88. The van der Waals surface area contributed by atoms with Crippen LogP contribution in [0.5, 0.6) is 0 Å². The van der Waals surface area contributed by atoms with Crippen molar-refractivity contribution in [1.82, 2.24) is 9.55 Å². The molecule has 12 heavy (non-hydrogen) atoms. The molecule has 1 rings (SSSR count). The first-order valence-electron chi connectivity index (χ1n) is 4.44. The molecule has 0 bridgehead atoms. The summed E-state index contributed by atoms with van der Waals surface area (Å²) < 4.78 is 2.13. The molecule has 1 heterocycles. The molecule has 68 valence electrons. The Morgan fingerprint density at radius 1 is 1.50 bits per heavy atom. The number of nitrogens with zero attached hydrogens (tertiary/aromatic N) is 2. The fourth-order valence-corrected chi connectivity index (χ4v) is 1.43. The summed E-state index contributed by atoms with van der Waals surface area (Å²) in [6, 6.07) is 0. The zero-order valence-corrected chi connectivity index (χ0v) is 8.22. The van der Waals surface area contributed by atoms with E-state index in [-0.39, 0.29) is 0 Å². The number of alkyl halides is 1. The standard InChI is InChI=1S/C9H15ClN2/c1-2-3-4-6-12-7-5-11-9(12)8-10/h5,7H,2-4,6,8H2,1H3. The average molecular weight is 187 g/mol. The number of imidazole rings is 1. The zero-order chi connectivity index (χ0) is 8.81. The van der Waals surface area contributed by atoms with Crippen molar-refractivity contribution in [1.29, 1.82) is 0 Å². The fourth-order valence-electron chi connectivity index (χ4n) is 1.21. The van der Waals surface area contributed by atoms with E-state index >= 15 is 0 Å². The summed E-state index contributed by atoms with van der Waals surface area (Å²) in [5.74, 6) is 1.49. The summed E-state index contributed by atoms with van der Waals surface area (Å²) in [4.78, 5) is 4.14. The average Bonchev–Trinajstić information content (AvgIpc) is 2.52. The van der Waals surface area contributed by atoms with Crippen molar-refractivity contribution >= 4 is 11.6 Å². The Bertz CT molecular complexity index is 220. The van der Waals surface area contributed by atoms with Crippen molar-refractivity contribution < 1.29 is 0 Å². The molecule has 0 aliphatic heterocycles. The molecule has 0 unspecified atom stereocenters. The molecule has 3 heteroatoms. The molecular formula is C9H15ClN2. The van der Waals surface area contributed by atoms with E-state index in [1.807, 2.05) is 12.4 Å². The Hall–Kier alpha value is -0.500. The van der Waals surface area contributed by atoms with Crippen LogP contribution >= 0.6 is 11.6 Å². The number of hydrogen-bond donors (Lipinski definition) is 0. The molecule has 0 amide bonds. The van der Waals surface area contributed by atoms with Crippen molar-refractivity contribution in [3.05, 3.63) is 18.2 Å². The number of aromatic nitrogens is 2. The summed E-state index contributed by atoms with van der Waals surface area (Å²) in [7, 11) is 0. The van der Waals surface area contributed by atoms with Gasteiger partial charge in [0.05, 0.1) is 5.88 Å². The minimum atomic E-state index is 0.513. The second-order valence-electron chi connectivity index (χ2n) is 2.88. The van der Waals surface area contributed by atoms with Gasteiger partial charge in [0.15, 0.2) is 0 Å². The number of hydrogen-bond acceptors (Lipinski definition) is 1. The van der Waals surface area contributed by atoms with Crippen molar-refractivity contribution in [3.8, 4) is 0 Å². The van der Waals surface area contributed by atoms with Gasteiger partial charge >= 0.3 is 0 Å². The van der Waals surface area contributed by atoms with Crippen LogP contribution in [0.1, 0.15) is 32.0 Å². The summed E-state index contributed by atoms with van der Waals surface area (Å²) in [6.45, 7) is 3.26. The van der Waals surface area contributed by atoms with E-state index in [1.54, 1.807) is 0 Å². The maximum Gasteiger partial charge on any atom is 0.123 e. The molecule has 0 saturated carbocycles. The van der Waals surface area contributed by atoms with Crippen LogP contribution in [0.4, 0.5) is 0 Å². The van der Waals surface area contributed by atoms with Crippen molar-refractivity contribution in [2.24, 2.45) is 0 Å².